The van der Waals surface area contributed by atoms with Crippen LogP contribution < -0.4 is 0 Å². The molecule has 0 aromatic rings. The summed E-state index contributed by atoms with van der Waals surface area (Å²) < 4.78 is 0. The fraction of sp³-hybridized carbons (Fsp3) is 0.742. The summed E-state index contributed by atoms with van der Waals surface area (Å²) in [5.74, 6) is -1.27. The minimum Gasteiger partial charge on any atom is -0.481 e. The number of hydrogen-bond acceptors (Lipinski definition) is 4. The molecule has 7 atom stereocenters. The molecule has 0 bridgehead atoms. The minimum absolute atomic E-state index is 0.00880. The van der Waals surface area contributed by atoms with Gasteiger partial charge in [0.15, 0.2) is 11.6 Å². The first-order valence-corrected chi connectivity index (χ1v) is 13.7. The van der Waals surface area contributed by atoms with Crippen LogP contribution in [-0.2, 0) is 14.4 Å². The number of carboxylic acid groups (broad SMARTS) is 1. The first-order chi connectivity index (χ1) is 16.5. The molecule has 3 fully saturated rings. The Kier molecular flexibility index (Phi) is 5.09. The number of aliphatic carboxylic acids is 1. The van der Waals surface area contributed by atoms with E-state index < -0.39 is 22.2 Å². The summed E-state index contributed by atoms with van der Waals surface area (Å²) in [6, 6.07) is 2.15. The standard InChI is InChI=1S/C31H41NO4/c1-26(2)10-12-31(25(35)36)13-11-30(7)23(19(31)16-26)20(33)14-22-28(5)15-18(17-32)24(34)27(3,4)21(28)8-9-29(22,30)6/h14-15,19,21,23H,8-13,16H2,1-7H3,(H,35,36)/t19-,21+,23-,28+,29-,30-,31+/m1/s1. The van der Waals surface area contributed by atoms with Gasteiger partial charge in [0.2, 0.25) is 0 Å². The number of fused-ring (bicyclic) bond motifs is 7. The second-order valence-electron chi connectivity index (χ2n) is 14.7. The van der Waals surface area contributed by atoms with E-state index in [2.05, 4.69) is 40.7 Å². The predicted octanol–water partition coefficient (Wildman–Crippen LogP) is 6.29. The maximum Gasteiger partial charge on any atom is 0.309 e. The molecule has 194 valence electrons. The largest absolute Gasteiger partial charge is 0.481 e. The second kappa shape index (κ2) is 7.21. The SMILES string of the molecule is CC1(C)CC[C@]2(C(=O)O)CC[C@]3(C)[C@@H](C(=O)C=C4[C@@]5(C)C=C(C#N)C(=O)C(C)(C)[C@@H]5CC[C@]43C)[C@H]2C1. The fourth-order valence-corrected chi connectivity index (χ4v) is 10.0. The smallest absolute Gasteiger partial charge is 0.309 e. The van der Waals surface area contributed by atoms with Crippen molar-refractivity contribution in [3.8, 4) is 6.07 Å². The third-order valence-electron chi connectivity index (χ3n) is 12.3. The number of nitriles is 1. The molecule has 5 aliphatic carbocycles. The average molecular weight is 492 g/mol. The van der Waals surface area contributed by atoms with Gasteiger partial charge in [-0.2, -0.15) is 5.26 Å². The van der Waals surface area contributed by atoms with Gasteiger partial charge in [0.25, 0.3) is 0 Å². The Morgan fingerprint density at radius 3 is 2.25 bits per heavy atom. The lowest BCUT2D eigenvalue weighted by molar-refractivity contribution is -0.188. The molecule has 0 aromatic heterocycles. The molecule has 1 N–H and O–H groups in total. The minimum atomic E-state index is -0.828. The van der Waals surface area contributed by atoms with Crippen molar-refractivity contribution < 1.29 is 19.5 Å². The molecule has 0 heterocycles. The van der Waals surface area contributed by atoms with E-state index >= 15 is 0 Å². The van der Waals surface area contributed by atoms with Crippen LogP contribution in [0.5, 0.6) is 0 Å². The van der Waals surface area contributed by atoms with Crippen LogP contribution in [0.4, 0.5) is 0 Å². The van der Waals surface area contributed by atoms with Crippen LogP contribution in [0, 0.1) is 61.6 Å². The van der Waals surface area contributed by atoms with E-state index in [1.165, 1.54) is 0 Å². The van der Waals surface area contributed by atoms with Crippen molar-refractivity contribution in [1.29, 1.82) is 5.26 Å². The Morgan fingerprint density at radius 1 is 1.00 bits per heavy atom. The third-order valence-corrected chi connectivity index (χ3v) is 12.3. The number of nitrogens with zero attached hydrogens (tertiary/aromatic N) is 1. The lowest BCUT2D eigenvalue weighted by atomic mass is 9.34. The van der Waals surface area contributed by atoms with Gasteiger partial charge in [-0.25, -0.2) is 0 Å². The Balaban J connectivity index is 1.71. The van der Waals surface area contributed by atoms with Crippen molar-refractivity contribution in [2.45, 2.75) is 93.4 Å². The normalized spacial score (nSPS) is 46.7. The van der Waals surface area contributed by atoms with E-state index in [1.54, 1.807) is 0 Å². The number of carbonyl (C=O) groups is 3. The molecule has 5 heteroatoms. The van der Waals surface area contributed by atoms with Gasteiger partial charge in [-0.1, -0.05) is 60.1 Å². The molecule has 0 aromatic carbocycles. The summed E-state index contributed by atoms with van der Waals surface area (Å²) in [5.41, 5.74) is -1.49. The third kappa shape index (κ3) is 2.85. The zero-order valence-corrected chi connectivity index (χ0v) is 23.0. The van der Waals surface area contributed by atoms with Gasteiger partial charge < -0.3 is 5.11 Å². The van der Waals surface area contributed by atoms with Gasteiger partial charge in [-0.15, -0.1) is 0 Å². The van der Waals surface area contributed by atoms with Crippen LogP contribution >= 0.6 is 0 Å². The van der Waals surface area contributed by atoms with E-state index in [1.807, 2.05) is 26.0 Å². The van der Waals surface area contributed by atoms with Crippen LogP contribution in [0.15, 0.2) is 23.3 Å². The molecular weight excluding hydrogens is 450 g/mol. The highest BCUT2D eigenvalue weighted by Crippen LogP contribution is 2.74. The van der Waals surface area contributed by atoms with Crippen molar-refractivity contribution >= 4 is 17.5 Å². The van der Waals surface area contributed by atoms with Crippen LogP contribution in [0.25, 0.3) is 0 Å². The molecule has 5 nitrogen and oxygen atoms in total. The van der Waals surface area contributed by atoms with Crippen molar-refractivity contribution in [1.82, 2.24) is 0 Å². The summed E-state index contributed by atoms with van der Waals surface area (Å²) in [7, 11) is 0. The van der Waals surface area contributed by atoms with Crippen molar-refractivity contribution in [2.75, 3.05) is 0 Å². The maximum atomic E-state index is 14.2. The first-order valence-electron chi connectivity index (χ1n) is 13.7. The number of hydrogen-bond donors (Lipinski definition) is 1. The molecule has 0 aliphatic heterocycles. The molecule has 0 saturated heterocycles. The van der Waals surface area contributed by atoms with Gasteiger partial charge in [-0.05, 0) is 79.1 Å². The molecular formula is C31H41NO4. The Bertz CT molecular complexity index is 1180. The lowest BCUT2D eigenvalue weighted by Crippen LogP contribution is -2.65. The number of Topliss-reactive ketones (excluding diaryl/α,β-unsaturated/α-hetero) is 1. The molecule has 0 radical (unpaired) electrons. The van der Waals surface area contributed by atoms with E-state index in [-0.39, 0.29) is 51.1 Å². The zero-order chi connectivity index (χ0) is 26.7. The highest BCUT2D eigenvalue weighted by molar-refractivity contribution is 6.04. The Hall–Kier alpha value is -2.22. The lowest BCUT2D eigenvalue weighted by Gasteiger charge is -2.68. The molecule has 0 spiro atoms. The highest BCUT2D eigenvalue weighted by atomic mass is 16.4. The Labute approximate surface area is 215 Å². The summed E-state index contributed by atoms with van der Waals surface area (Å²) >= 11 is 0. The van der Waals surface area contributed by atoms with Crippen LogP contribution in [0.2, 0.25) is 0 Å². The van der Waals surface area contributed by atoms with Crippen molar-refractivity contribution in [3.63, 3.8) is 0 Å². The summed E-state index contributed by atoms with van der Waals surface area (Å²) in [4.78, 5) is 40.2. The summed E-state index contributed by atoms with van der Waals surface area (Å²) in [5, 5.41) is 20.3. The molecule has 0 amide bonds. The summed E-state index contributed by atoms with van der Waals surface area (Å²) in [6.45, 7) is 15.0. The van der Waals surface area contributed by atoms with Crippen LogP contribution in [0.3, 0.4) is 0 Å². The quantitative estimate of drug-likeness (QED) is 0.465. The van der Waals surface area contributed by atoms with Crippen LogP contribution in [0.1, 0.15) is 93.4 Å². The van der Waals surface area contributed by atoms with E-state index in [9.17, 15) is 24.8 Å². The second-order valence-corrected chi connectivity index (χ2v) is 14.7. The van der Waals surface area contributed by atoms with Crippen LogP contribution in [-0.4, -0.2) is 22.6 Å². The van der Waals surface area contributed by atoms with Gasteiger partial charge >= 0.3 is 5.97 Å². The first kappa shape index (κ1) is 25.4. The number of carboxylic acids is 1. The van der Waals surface area contributed by atoms with Crippen molar-refractivity contribution in [2.24, 2.45) is 50.2 Å². The van der Waals surface area contributed by atoms with E-state index in [0.29, 0.717) is 19.3 Å². The molecule has 5 rings (SSSR count). The monoisotopic (exact) mass is 491 g/mol. The maximum absolute atomic E-state index is 14.2. The number of ketones is 2. The van der Waals surface area contributed by atoms with Gasteiger partial charge in [0, 0.05) is 16.7 Å². The van der Waals surface area contributed by atoms with Gasteiger partial charge in [-0.3, -0.25) is 14.4 Å². The predicted molar refractivity (Wildman–Crippen MR) is 137 cm³/mol. The van der Waals surface area contributed by atoms with E-state index in [4.69, 9.17) is 0 Å². The highest BCUT2D eigenvalue weighted by Gasteiger charge is 2.70. The molecule has 3 saturated carbocycles. The zero-order valence-electron chi connectivity index (χ0n) is 23.0. The number of rotatable bonds is 1. The fourth-order valence-electron chi connectivity index (χ4n) is 10.0. The van der Waals surface area contributed by atoms with Gasteiger partial charge in [0.1, 0.15) is 6.07 Å². The molecule has 0 unspecified atom stereocenters. The van der Waals surface area contributed by atoms with E-state index in [0.717, 1.165) is 31.3 Å². The Morgan fingerprint density at radius 2 is 1.64 bits per heavy atom. The number of allylic oxidation sites excluding steroid dienone is 4. The number of carbonyl (C=O) groups excluding carboxylic acids is 2. The molecule has 36 heavy (non-hydrogen) atoms. The molecule has 5 aliphatic rings. The summed E-state index contributed by atoms with van der Waals surface area (Å²) in [6.07, 6.45) is 8.98. The van der Waals surface area contributed by atoms with Crippen molar-refractivity contribution in [3.05, 3.63) is 23.3 Å². The average Bonchev–Trinajstić information content (AvgIpc) is 2.77. The van der Waals surface area contributed by atoms with Gasteiger partial charge in [0.05, 0.1) is 11.0 Å². The topological polar surface area (TPSA) is 95.2 Å².